The molecule has 1 heterocycles. The fourth-order valence-electron chi connectivity index (χ4n) is 2.80. The monoisotopic (exact) mass is 291 g/mol. The number of carbonyl (C=O) groups excluding carboxylic acids is 1. The quantitative estimate of drug-likeness (QED) is 0.785. The summed E-state index contributed by atoms with van der Waals surface area (Å²) in [6.07, 6.45) is 4.58. The van der Waals surface area contributed by atoms with Gasteiger partial charge in [-0.3, -0.25) is 4.79 Å². The van der Waals surface area contributed by atoms with Crippen LogP contribution >= 0.6 is 11.6 Å². The van der Waals surface area contributed by atoms with Gasteiger partial charge < -0.3 is 4.90 Å². The van der Waals surface area contributed by atoms with E-state index in [9.17, 15) is 10.1 Å². The Labute approximate surface area is 124 Å². The minimum atomic E-state index is -0.682. The van der Waals surface area contributed by atoms with Crippen LogP contribution in [0, 0.1) is 18.3 Å². The Bertz CT molecular complexity index is 538. The zero-order valence-electron chi connectivity index (χ0n) is 11.8. The molecule has 0 saturated heterocycles. The molecule has 1 aliphatic rings. The predicted molar refractivity (Wildman–Crippen MR) is 77.5 cm³/mol. The van der Waals surface area contributed by atoms with Gasteiger partial charge in [0.25, 0.3) is 5.91 Å². The van der Waals surface area contributed by atoms with E-state index in [1.165, 1.54) is 0 Å². The number of amides is 1. The van der Waals surface area contributed by atoms with Crippen LogP contribution in [0.2, 0.25) is 5.15 Å². The van der Waals surface area contributed by atoms with Crippen molar-refractivity contribution in [3.05, 3.63) is 28.5 Å². The summed E-state index contributed by atoms with van der Waals surface area (Å²) < 4.78 is 0. The summed E-state index contributed by atoms with van der Waals surface area (Å²) in [7, 11) is 1.71. The Morgan fingerprint density at radius 2 is 2.05 bits per heavy atom. The van der Waals surface area contributed by atoms with Gasteiger partial charge in [0.05, 0.1) is 6.07 Å². The highest BCUT2D eigenvalue weighted by molar-refractivity contribution is 6.29. The fourth-order valence-corrected chi connectivity index (χ4v) is 3.05. The van der Waals surface area contributed by atoms with Crippen molar-refractivity contribution in [1.82, 2.24) is 9.88 Å². The highest BCUT2D eigenvalue weighted by atomic mass is 35.5. The number of aryl methyl sites for hydroxylation is 1. The minimum absolute atomic E-state index is 0.166. The number of halogens is 1. The van der Waals surface area contributed by atoms with E-state index in [1.54, 1.807) is 31.0 Å². The Morgan fingerprint density at radius 1 is 1.40 bits per heavy atom. The van der Waals surface area contributed by atoms with Crippen LogP contribution in [0.3, 0.4) is 0 Å². The zero-order valence-corrected chi connectivity index (χ0v) is 12.6. The zero-order chi connectivity index (χ0) is 14.8. The molecule has 1 aromatic heterocycles. The maximum absolute atomic E-state index is 12.6. The van der Waals surface area contributed by atoms with Gasteiger partial charge in [0, 0.05) is 18.3 Å². The van der Waals surface area contributed by atoms with Gasteiger partial charge in [-0.1, -0.05) is 30.9 Å². The second kappa shape index (κ2) is 5.80. The Hall–Kier alpha value is -1.60. The lowest BCUT2D eigenvalue weighted by Gasteiger charge is -2.39. The van der Waals surface area contributed by atoms with E-state index in [0.717, 1.165) is 32.1 Å². The summed E-state index contributed by atoms with van der Waals surface area (Å²) in [5.41, 5.74) is 0.507. The van der Waals surface area contributed by atoms with E-state index in [-0.39, 0.29) is 5.91 Å². The molecule has 0 aromatic carbocycles. The van der Waals surface area contributed by atoms with Crippen molar-refractivity contribution < 1.29 is 4.79 Å². The third-order valence-electron chi connectivity index (χ3n) is 4.00. The lowest BCUT2D eigenvalue weighted by atomic mass is 9.81. The summed E-state index contributed by atoms with van der Waals surface area (Å²) in [6, 6.07) is 5.62. The summed E-state index contributed by atoms with van der Waals surface area (Å²) in [4.78, 5) is 18.2. The molecule has 2 rings (SSSR count). The van der Waals surface area contributed by atoms with Crippen LogP contribution in [0.15, 0.2) is 12.1 Å². The van der Waals surface area contributed by atoms with Crippen LogP contribution in [0.4, 0.5) is 0 Å². The Balaban J connectivity index is 2.29. The van der Waals surface area contributed by atoms with Crippen LogP contribution < -0.4 is 0 Å². The molecule has 106 valence electrons. The number of aromatic nitrogens is 1. The molecule has 0 spiro atoms. The van der Waals surface area contributed by atoms with Crippen molar-refractivity contribution in [2.24, 2.45) is 0 Å². The van der Waals surface area contributed by atoms with Crippen molar-refractivity contribution in [3.8, 4) is 6.07 Å². The molecule has 1 aliphatic carbocycles. The number of carbonyl (C=O) groups is 1. The highest BCUT2D eigenvalue weighted by Gasteiger charge is 2.39. The third-order valence-corrected chi connectivity index (χ3v) is 4.20. The number of hydrogen-bond donors (Lipinski definition) is 0. The largest absolute Gasteiger partial charge is 0.323 e. The average Bonchev–Trinajstić information content (AvgIpc) is 2.45. The fraction of sp³-hybridized carbons (Fsp3) is 0.533. The topological polar surface area (TPSA) is 57.0 Å². The highest BCUT2D eigenvalue weighted by Crippen LogP contribution is 2.33. The van der Waals surface area contributed by atoms with Crippen molar-refractivity contribution in [1.29, 1.82) is 5.26 Å². The van der Waals surface area contributed by atoms with Gasteiger partial charge in [0.1, 0.15) is 10.7 Å². The molecule has 0 aliphatic heterocycles. The van der Waals surface area contributed by atoms with E-state index in [2.05, 4.69) is 11.1 Å². The van der Waals surface area contributed by atoms with Gasteiger partial charge >= 0.3 is 0 Å². The van der Waals surface area contributed by atoms with Gasteiger partial charge in [-0.15, -0.1) is 0 Å². The number of nitriles is 1. The molecule has 5 heteroatoms. The first-order valence-corrected chi connectivity index (χ1v) is 7.20. The molecule has 1 fully saturated rings. The standard InChI is InChI=1S/C15H18ClN3O/c1-11-8-12(9-13(16)18-11)14(20)19(2)15(10-17)6-4-3-5-7-15/h8-9H,3-7H2,1-2H3. The summed E-state index contributed by atoms with van der Waals surface area (Å²) >= 11 is 5.91. The van der Waals surface area contributed by atoms with Crippen LogP contribution in [-0.4, -0.2) is 28.4 Å². The maximum atomic E-state index is 12.6. The lowest BCUT2D eigenvalue weighted by molar-refractivity contribution is 0.0589. The number of hydrogen-bond acceptors (Lipinski definition) is 3. The van der Waals surface area contributed by atoms with E-state index in [4.69, 9.17) is 11.6 Å². The van der Waals surface area contributed by atoms with E-state index >= 15 is 0 Å². The van der Waals surface area contributed by atoms with Crippen molar-refractivity contribution in [2.75, 3.05) is 7.05 Å². The van der Waals surface area contributed by atoms with Gasteiger partial charge in [-0.2, -0.15) is 5.26 Å². The summed E-state index contributed by atoms with van der Waals surface area (Å²) in [6.45, 7) is 1.79. The first-order valence-electron chi connectivity index (χ1n) is 6.82. The van der Waals surface area contributed by atoms with Crippen LogP contribution in [0.25, 0.3) is 0 Å². The minimum Gasteiger partial charge on any atom is -0.323 e. The molecule has 0 atom stereocenters. The van der Waals surface area contributed by atoms with E-state index in [0.29, 0.717) is 16.4 Å². The molecule has 1 aromatic rings. The molecule has 0 N–H and O–H groups in total. The molecule has 1 saturated carbocycles. The average molecular weight is 292 g/mol. The van der Waals surface area contributed by atoms with Gasteiger partial charge in [-0.05, 0) is 31.9 Å². The predicted octanol–water partition coefficient (Wildman–Crippen LogP) is 3.34. The third kappa shape index (κ3) is 2.78. The SMILES string of the molecule is Cc1cc(C(=O)N(C)C2(C#N)CCCCC2)cc(Cl)n1. The summed E-state index contributed by atoms with van der Waals surface area (Å²) in [5, 5.41) is 9.84. The van der Waals surface area contributed by atoms with Crippen molar-refractivity contribution >= 4 is 17.5 Å². The smallest absolute Gasteiger partial charge is 0.255 e. The van der Waals surface area contributed by atoms with Crippen molar-refractivity contribution in [3.63, 3.8) is 0 Å². The summed E-state index contributed by atoms with van der Waals surface area (Å²) in [5.74, 6) is -0.166. The Morgan fingerprint density at radius 3 is 2.60 bits per heavy atom. The van der Waals surface area contributed by atoms with Crippen LogP contribution in [0.1, 0.15) is 48.2 Å². The van der Waals surface area contributed by atoms with Crippen LogP contribution in [-0.2, 0) is 0 Å². The molecule has 1 amide bonds. The first-order chi connectivity index (χ1) is 9.48. The molecule has 20 heavy (non-hydrogen) atoms. The lowest BCUT2D eigenvalue weighted by Crippen LogP contribution is -2.49. The molecular formula is C15H18ClN3O. The maximum Gasteiger partial charge on any atom is 0.255 e. The normalized spacial score (nSPS) is 17.3. The molecule has 0 bridgehead atoms. The van der Waals surface area contributed by atoms with Gasteiger partial charge in [-0.25, -0.2) is 4.98 Å². The first kappa shape index (κ1) is 14.8. The molecular weight excluding hydrogens is 274 g/mol. The second-order valence-electron chi connectivity index (χ2n) is 5.39. The molecule has 0 unspecified atom stereocenters. The number of pyridine rings is 1. The van der Waals surface area contributed by atoms with Crippen LogP contribution in [0.5, 0.6) is 0 Å². The molecule has 0 radical (unpaired) electrons. The van der Waals surface area contributed by atoms with Crippen molar-refractivity contribution in [2.45, 2.75) is 44.6 Å². The number of rotatable bonds is 2. The van der Waals surface area contributed by atoms with E-state index in [1.807, 2.05) is 0 Å². The molecule has 4 nitrogen and oxygen atoms in total. The number of nitrogens with zero attached hydrogens (tertiary/aromatic N) is 3. The Kier molecular flexibility index (Phi) is 4.29. The van der Waals surface area contributed by atoms with E-state index < -0.39 is 5.54 Å². The van der Waals surface area contributed by atoms with Gasteiger partial charge in [0.15, 0.2) is 0 Å². The van der Waals surface area contributed by atoms with Gasteiger partial charge in [0.2, 0.25) is 0 Å². The second-order valence-corrected chi connectivity index (χ2v) is 5.78.